The first kappa shape index (κ1) is 15.4. The van der Waals surface area contributed by atoms with Crippen LogP contribution in [0.25, 0.3) is 0 Å². The summed E-state index contributed by atoms with van der Waals surface area (Å²) in [5.74, 6) is -0.154. The molecule has 0 amide bonds. The van der Waals surface area contributed by atoms with E-state index in [-0.39, 0.29) is 5.69 Å². The zero-order valence-electron chi connectivity index (χ0n) is 12.3. The van der Waals surface area contributed by atoms with Crippen LogP contribution in [0.15, 0.2) is 24.5 Å². The maximum absolute atomic E-state index is 13.8. The van der Waals surface area contributed by atoms with Gasteiger partial charge in [-0.1, -0.05) is 0 Å². The van der Waals surface area contributed by atoms with Crippen LogP contribution in [0.5, 0.6) is 5.75 Å². The van der Waals surface area contributed by atoms with Crippen molar-refractivity contribution < 1.29 is 14.2 Å². The minimum Gasteiger partial charge on any atom is -0.493 e. The fourth-order valence-corrected chi connectivity index (χ4v) is 2.01. The zero-order chi connectivity index (χ0) is 15.4. The first-order valence-electron chi connectivity index (χ1n) is 6.57. The van der Waals surface area contributed by atoms with Gasteiger partial charge in [0.2, 0.25) is 0 Å². The third-order valence-corrected chi connectivity index (χ3v) is 3.13. The number of aliphatic hydroxyl groups excluding tert-OH is 1. The van der Waals surface area contributed by atoms with Gasteiger partial charge < -0.3 is 14.7 Å². The van der Waals surface area contributed by atoms with Crippen molar-refractivity contribution in [1.82, 2.24) is 19.7 Å². The molecule has 7 heteroatoms. The molecule has 1 unspecified atom stereocenters. The molecule has 6 nitrogen and oxygen atoms in total. The Kier molecular flexibility index (Phi) is 4.87. The van der Waals surface area contributed by atoms with Crippen LogP contribution in [0.2, 0.25) is 0 Å². The van der Waals surface area contributed by atoms with Crippen molar-refractivity contribution in [2.45, 2.75) is 12.6 Å². The number of methoxy groups -OCH3 is 1. The number of hydrogen-bond acceptors (Lipinski definition) is 5. The van der Waals surface area contributed by atoms with Crippen LogP contribution < -0.4 is 4.74 Å². The highest BCUT2D eigenvalue weighted by molar-refractivity contribution is 5.32. The molecule has 0 bridgehead atoms. The Labute approximate surface area is 122 Å². The van der Waals surface area contributed by atoms with E-state index >= 15 is 0 Å². The summed E-state index contributed by atoms with van der Waals surface area (Å²) in [6, 6.07) is 2.74. The standard InChI is InChI=1S/C14H19FN4O2/c1-18(2)7-8-19-13(11(21-3)9-17-19)14(20)12-10(15)5-4-6-16-12/h4-6,9,14,20H,7-8H2,1-3H3. The summed E-state index contributed by atoms with van der Waals surface area (Å²) in [6.07, 6.45) is 1.72. The summed E-state index contributed by atoms with van der Waals surface area (Å²) in [5.41, 5.74) is 0.361. The zero-order valence-corrected chi connectivity index (χ0v) is 12.3. The predicted molar refractivity (Wildman–Crippen MR) is 75.6 cm³/mol. The average Bonchev–Trinajstić information content (AvgIpc) is 2.87. The van der Waals surface area contributed by atoms with E-state index in [4.69, 9.17) is 4.74 Å². The van der Waals surface area contributed by atoms with E-state index in [1.165, 1.54) is 31.6 Å². The normalized spacial score (nSPS) is 12.7. The molecule has 21 heavy (non-hydrogen) atoms. The number of ether oxygens (including phenoxy) is 1. The van der Waals surface area contributed by atoms with Gasteiger partial charge in [-0.25, -0.2) is 4.39 Å². The van der Waals surface area contributed by atoms with Crippen LogP contribution >= 0.6 is 0 Å². The molecule has 2 aromatic heterocycles. The Morgan fingerprint density at radius 3 is 2.86 bits per heavy atom. The second-order valence-corrected chi connectivity index (χ2v) is 4.90. The summed E-state index contributed by atoms with van der Waals surface area (Å²) in [7, 11) is 5.36. The van der Waals surface area contributed by atoms with Crippen molar-refractivity contribution in [3.8, 4) is 5.75 Å². The van der Waals surface area contributed by atoms with E-state index in [0.717, 1.165) is 6.54 Å². The third kappa shape index (κ3) is 3.37. The Hall–Kier alpha value is -1.99. The number of hydrogen-bond donors (Lipinski definition) is 1. The molecule has 0 saturated heterocycles. The Morgan fingerprint density at radius 2 is 2.24 bits per heavy atom. The molecule has 0 saturated carbocycles. The lowest BCUT2D eigenvalue weighted by Gasteiger charge is -2.16. The van der Waals surface area contributed by atoms with E-state index in [0.29, 0.717) is 18.0 Å². The van der Waals surface area contributed by atoms with Gasteiger partial charge in [0.25, 0.3) is 0 Å². The van der Waals surface area contributed by atoms with Crippen molar-refractivity contribution in [2.75, 3.05) is 27.7 Å². The van der Waals surface area contributed by atoms with Crippen molar-refractivity contribution in [3.05, 3.63) is 41.7 Å². The lowest BCUT2D eigenvalue weighted by atomic mass is 10.1. The van der Waals surface area contributed by atoms with Gasteiger partial charge in [-0.15, -0.1) is 0 Å². The summed E-state index contributed by atoms with van der Waals surface area (Å²) < 4.78 is 20.6. The molecule has 0 radical (unpaired) electrons. The van der Waals surface area contributed by atoms with E-state index in [1.54, 1.807) is 4.68 Å². The number of aromatic nitrogens is 3. The minimum absolute atomic E-state index is 0.0394. The fourth-order valence-electron chi connectivity index (χ4n) is 2.01. The maximum atomic E-state index is 13.8. The lowest BCUT2D eigenvalue weighted by Crippen LogP contribution is -2.21. The molecule has 2 heterocycles. The predicted octanol–water partition coefficient (Wildman–Crippen LogP) is 1.07. The minimum atomic E-state index is -1.23. The number of rotatable bonds is 6. The largest absolute Gasteiger partial charge is 0.493 e. The van der Waals surface area contributed by atoms with Crippen LogP contribution in [0.3, 0.4) is 0 Å². The molecule has 2 aromatic rings. The summed E-state index contributed by atoms with van der Waals surface area (Å²) in [4.78, 5) is 5.91. The summed E-state index contributed by atoms with van der Waals surface area (Å²) in [5, 5.41) is 14.7. The van der Waals surface area contributed by atoms with Crippen LogP contribution in [-0.2, 0) is 6.54 Å². The molecule has 2 rings (SSSR count). The van der Waals surface area contributed by atoms with Crippen LogP contribution in [-0.4, -0.2) is 52.5 Å². The molecule has 1 atom stereocenters. The topological polar surface area (TPSA) is 63.4 Å². The van der Waals surface area contributed by atoms with Crippen molar-refractivity contribution >= 4 is 0 Å². The molecule has 114 valence electrons. The van der Waals surface area contributed by atoms with Gasteiger partial charge in [-0.3, -0.25) is 9.67 Å². The Bertz CT molecular complexity index is 600. The number of aliphatic hydroxyl groups is 1. The molecule has 0 fully saturated rings. The number of nitrogens with zero attached hydrogens (tertiary/aromatic N) is 4. The SMILES string of the molecule is COc1cnn(CCN(C)C)c1C(O)c1ncccc1F. The average molecular weight is 294 g/mol. The molecular weight excluding hydrogens is 275 g/mol. The van der Waals surface area contributed by atoms with Crippen LogP contribution in [0.1, 0.15) is 17.5 Å². The second-order valence-electron chi connectivity index (χ2n) is 4.90. The molecule has 1 N–H and O–H groups in total. The highest BCUT2D eigenvalue weighted by Crippen LogP contribution is 2.29. The van der Waals surface area contributed by atoms with Gasteiger partial charge in [-0.05, 0) is 26.2 Å². The number of halogens is 1. The Balaban J connectivity index is 2.36. The Morgan fingerprint density at radius 1 is 1.48 bits per heavy atom. The molecular formula is C14H19FN4O2. The highest BCUT2D eigenvalue weighted by atomic mass is 19.1. The molecule has 0 aliphatic heterocycles. The molecule has 0 aromatic carbocycles. The smallest absolute Gasteiger partial charge is 0.163 e. The molecule has 0 spiro atoms. The number of likely N-dealkylation sites (N-methyl/N-ethyl adjacent to an activating group) is 1. The molecule has 0 aliphatic rings. The second kappa shape index (κ2) is 6.64. The fraction of sp³-hybridized carbons (Fsp3) is 0.429. The van der Waals surface area contributed by atoms with Gasteiger partial charge in [0, 0.05) is 12.7 Å². The third-order valence-electron chi connectivity index (χ3n) is 3.13. The van der Waals surface area contributed by atoms with Gasteiger partial charge >= 0.3 is 0 Å². The maximum Gasteiger partial charge on any atom is 0.163 e. The van der Waals surface area contributed by atoms with Crippen molar-refractivity contribution in [3.63, 3.8) is 0 Å². The van der Waals surface area contributed by atoms with E-state index in [2.05, 4.69) is 10.1 Å². The summed E-state index contributed by atoms with van der Waals surface area (Å²) in [6.45, 7) is 1.28. The van der Waals surface area contributed by atoms with Gasteiger partial charge in [-0.2, -0.15) is 5.10 Å². The molecule has 0 aliphatic carbocycles. The van der Waals surface area contributed by atoms with Gasteiger partial charge in [0.05, 0.1) is 19.9 Å². The number of pyridine rings is 1. The lowest BCUT2D eigenvalue weighted by molar-refractivity contribution is 0.190. The summed E-state index contributed by atoms with van der Waals surface area (Å²) >= 11 is 0. The first-order valence-corrected chi connectivity index (χ1v) is 6.57. The van der Waals surface area contributed by atoms with Crippen LogP contribution in [0.4, 0.5) is 4.39 Å². The monoisotopic (exact) mass is 294 g/mol. The van der Waals surface area contributed by atoms with Gasteiger partial charge in [0.15, 0.2) is 5.75 Å². The van der Waals surface area contributed by atoms with E-state index in [9.17, 15) is 9.50 Å². The highest BCUT2D eigenvalue weighted by Gasteiger charge is 2.25. The van der Waals surface area contributed by atoms with Crippen molar-refractivity contribution in [1.29, 1.82) is 0 Å². The van der Waals surface area contributed by atoms with E-state index < -0.39 is 11.9 Å². The van der Waals surface area contributed by atoms with Gasteiger partial charge in [0.1, 0.15) is 23.3 Å². The quantitative estimate of drug-likeness (QED) is 0.863. The van der Waals surface area contributed by atoms with Crippen LogP contribution in [0, 0.1) is 5.82 Å². The first-order chi connectivity index (χ1) is 10.0. The van der Waals surface area contributed by atoms with E-state index in [1.807, 2.05) is 19.0 Å². The van der Waals surface area contributed by atoms with Crippen molar-refractivity contribution in [2.24, 2.45) is 0 Å².